The van der Waals surface area contributed by atoms with Crippen LogP contribution in [0.1, 0.15) is 32.6 Å². The molecule has 1 aliphatic carbocycles. The Morgan fingerprint density at radius 3 is 2.88 bits per heavy atom. The zero-order chi connectivity index (χ0) is 11.8. The van der Waals surface area contributed by atoms with E-state index in [2.05, 4.69) is 12.2 Å². The number of ether oxygens (including phenoxy) is 1. The van der Waals surface area contributed by atoms with Gasteiger partial charge in [0.2, 0.25) is 5.91 Å². The fraction of sp³-hybridized carbons (Fsp3) is 0.769. The zero-order valence-corrected chi connectivity index (χ0v) is 10.4. The maximum atomic E-state index is 11.7. The van der Waals surface area contributed by atoms with Gasteiger partial charge in [-0.05, 0) is 25.2 Å². The van der Waals surface area contributed by atoms with E-state index >= 15 is 0 Å². The van der Waals surface area contributed by atoms with E-state index in [1.54, 1.807) is 7.11 Å². The third kappa shape index (κ3) is 4.35. The summed E-state index contributed by atoms with van der Waals surface area (Å²) in [6.45, 7) is 4.17. The lowest BCUT2D eigenvalue weighted by atomic mass is 9.94. The fourth-order valence-corrected chi connectivity index (χ4v) is 2.08. The van der Waals surface area contributed by atoms with Gasteiger partial charge in [0.25, 0.3) is 0 Å². The predicted molar refractivity (Wildman–Crippen MR) is 65.2 cm³/mol. The first-order valence-electron chi connectivity index (χ1n) is 6.19. The van der Waals surface area contributed by atoms with E-state index in [4.69, 9.17) is 4.74 Å². The van der Waals surface area contributed by atoms with E-state index in [1.807, 2.05) is 11.8 Å². The van der Waals surface area contributed by atoms with Crippen LogP contribution >= 0.6 is 0 Å². The highest BCUT2D eigenvalue weighted by Gasteiger charge is 2.17. The highest BCUT2D eigenvalue weighted by Crippen LogP contribution is 2.19. The van der Waals surface area contributed by atoms with Crippen molar-refractivity contribution in [3.05, 3.63) is 12.2 Å². The Kier molecular flexibility index (Phi) is 6.16. The van der Waals surface area contributed by atoms with Gasteiger partial charge in [0.05, 0.1) is 6.61 Å². The molecule has 0 radical (unpaired) electrons. The standard InChI is InChI=1S/C13H23NO2/c1-3-13(15)14(9-10-16-2)11-12-7-5-4-6-8-12/h4-5,12H,3,6-11H2,1-2H3. The highest BCUT2D eigenvalue weighted by molar-refractivity contribution is 5.75. The van der Waals surface area contributed by atoms with E-state index in [-0.39, 0.29) is 5.91 Å². The lowest BCUT2D eigenvalue weighted by Gasteiger charge is -2.28. The number of carbonyl (C=O) groups is 1. The molecule has 3 nitrogen and oxygen atoms in total. The second-order valence-corrected chi connectivity index (χ2v) is 4.34. The molecule has 0 spiro atoms. The Balaban J connectivity index is 2.41. The summed E-state index contributed by atoms with van der Waals surface area (Å²) in [5, 5.41) is 0. The lowest BCUT2D eigenvalue weighted by molar-refractivity contribution is -0.132. The van der Waals surface area contributed by atoms with E-state index in [0.29, 0.717) is 18.9 Å². The van der Waals surface area contributed by atoms with Crippen molar-refractivity contribution < 1.29 is 9.53 Å². The molecule has 0 N–H and O–H groups in total. The van der Waals surface area contributed by atoms with Crippen molar-refractivity contribution in [1.29, 1.82) is 0 Å². The third-order valence-electron chi connectivity index (χ3n) is 3.08. The van der Waals surface area contributed by atoms with Crippen LogP contribution in [0, 0.1) is 5.92 Å². The molecule has 0 aromatic carbocycles. The average Bonchev–Trinajstić information content (AvgIpc) is 2.34. The number of hydrogen-bond acceptors (Lipinski definition) is 2. The predicted octanol–water partition coefficient (Wildman–Crippen LogP) is 2.23. The van der Waals surface area contributed by atoms with Gasteiger partial charge in [-0.3, -0.25) is 4.79 Å². The smallest absolute Gasteiger partial charge is 0.222 e. The summed E-state index contributed by atoms with van der Waals surface area (Å²) in [4.78, 5) is 13.7. The van der Waals surface area contributed by atoms with E-state index in [0.717, 1.165) is 25.9 Å². The Hall–Kier alpha value is -0.830. The van der Waals surface area contributed by atoms with Crippen LogP contribution in [0.25, 0.3) is 0 Å². The molecule has 0 fully saturated rings. The third-order valence-corrected chi connectivity index (χ3v) is 3.08. The number of methoxy groups -OCH3 is 1. The molecule has 0 aliphatic heterocycles. The summed E-state index contributed by atoms with van der Waals surface area (Å²) in [6.07, 6.45) is 8.53. The molecule has 92 valence electrons. The number of allylic oxidation sites excluding steroid dienone is 2. The maximum Gasteiger partial charge on any atom is 0.222 e. The van der Waals surface area contributed by atoms with Gasteiger partial charge < -0.3 is 9.64 Å². The molecule has 0 aromatic heterocycles. The van der Waals surface area contributed by atoms with Crippen molar-refractivity contribution in [3.63, 3.8) is 0 Å². The first kappa shape index (κ1) is 13.2. The first-order valence-corrected chi connectivity index (χ1v) is 6.19. The van der Waals surface area contributed by atoms with Gasteiger partial charge in [-0.25, -0.2) is 0 Å². The summed E-state index contributed by atoms with van der Waals surface area (Å²) in [5.74, 6) is 0.879. The number of carbonyl (C=O) groups excluding carboxylic acids is 1. The number of hydrogen-bond donors (Lipinski definition) is 0. The van der Waals surface area contributed by atoms with Crippen LogP contribution in [-0.4, -0.2) is 37.6 Å². The zero-order valence-electron chi connectivity index (χ0n) is 10.4. The van der Waals surface area contributed by atoms with Crippen molar-refractivity contribution in [2.24, 2.45) is 5.92 Å². The SMILES string of the molecule is CCC(=O)N(CCOC)CC1CC=CCC1. The molecular weight excluding hydrogens is 202 g/mol. The molecule has 0 heterocycles. The van der Waals surface area contributed by atoms with Crippen molar-refractivity contribution >= 4 is 5.91 Å². The largest absolute Gasteiger partial charge is 0.383 e. The summed E-state index contributed by atoms with van der Waals surface area (Å²) in [7, 11) is 1.68. The van der Waals surface area contributed by atoms with Crippen LogP contribution in [0.5, 0.6) is 0 Å². The summed E-state index contributed by atoms with van der Waals surface area (Å²) >= 11 is 0. The average molecular weight is 225 g/mol. The normalized spacial score (nSPS) is 19.8. The minimum atomic E-state index is 0.242. The van der Waals surface area contributed by atoms with Gasteiger partial charge in [-0.1, -0.05) is 19.1 Å². The molecule has 1 rings (SSSR count). The summed E-state index contributed by atoms with van der Waals surface area (Å²) in [5.41, 5.74) is 0. The van der Waals surface area contributed by atoms with Crippen molar-refractivity contribution in [2.75, 3.05) is 26.8 Å². The Labute approximate surface area is 98.5 Å². The highest BCUT2D eigenvalue weighted by atomic mass is 16.5. The first-order chi connectivity index (χ1) is 7.77. The minimum Gasteiger partial charge on any atom is -0.383 e. The van der Waals surface area contributed by atoms with Crippen LogP contribution in [-0.2, 0) is 9.53 Å². The lowest BCUT2D eigenvalue weighted by Crippen LogP contribution is -2.37. The number of rotatable bonds is 6. The Morgan fingerprint density at radius 2 is 2.31 bits per heavy atom. The van der Waals surface area contributed by atoms with Gasteiger partial charge in [-0.2, -0.15) is 0 Å². The van der Waals surface area contributed by atoms with Crippen LogP contribution in [0.2, 0.25) is 0 Å². The molecule has 1 amide bonds. The molecule has 0 saturated carbocycles. The fourth-order valence-electron chi connectivity index (χ4n) is 2.08. The molecule has 0 saturated heterocycles. The van der Waals surface area contributed by atoms with Crippen LogP contribution in [0.3, 0.4) is 0 Å². The quantitative estimate of drug-likeness (QED) is 0.649. The topological polar surface area (TPSA) is 29.5 Å². The molecule has 3 heteroatoms. The monoisotopic (exact) mass is 225 g/mol. The maximum absolute atomic E-state index is 11.7. The van der Waals surface area contributed by atoms with Gasteiger partial charge in [0, 0.05) is 26.6 Å². The van der Waals surface area contributed by atoms with E-state index in [9.17, 15) is 4.79 Å². The van der Waals surface area contributed by atoms with E-state index in [1.165, 1.54) is 6.42 Å². The number of nitrogens with zero attached hydrogens (tertiary/aromatic N) is 1. The van der Waals surface area contributed by atoms with Gasteiger partial charge in [0.15, 0.2) is 0 Å². The second-order valence-electron chi connectivity index (χ2n) is 4.34. The van der Waals surface area contributed by atoms with Crippen LogP contribution in [0.15, 0.2) is 12.2 Å². The van der Waals surface area contributed by atoms with Crippen molar-refractivity contribution in [1.82, 2.24) is 4.90 Å². The van der Waals surface area contributed by atoms with Crippen molar-refractivity contribution in [3.8, 4) is 0 Å². The molecule has 1 unspecified atom stereocenters. The molecule has 0 bridgehead atoms. The minimum absolute atomic E-state index is 0.242. The molecule has 16 heavy (non-hydrogen) atoms. The Bertz CT molecular complexity index is 238. The molecule has 1 aliphatic rings. The molecule has 1 atom stereocenters. The van der Waals surface area contributed by atoms with Crippen LogP contribution < -0.4 is 0 Å². The Morgan fingerprint density at radius 1 is 1.50 bits per heavy atom. The summed E-state index contributed by atoms with van der Waals surface area (Å²) < 4.78 is 5.05. The second kappa shape index (κ2) is 7.44. The van der Waals surface area contributed by atoms with Gasteiger partial charge in [-0.15, -0.1) is 0 Å². The van der Waals surface area contributed by atoms with Crippen molar-refractivity contribution in [2.45, 2.75) is 32.6 Å². The van der Waals surface area contributed by atoms with Gasteiger partial charge in [0.1, 0.15) is 0 Å². The molecule has 0 aromatic rings. The van der Waals surface area contributed by atoms with Gasteiger partial charge >= 0.3 is 0 Å². The number of amides is 1. The van der Waals surface area contributed by atoms with E-state index < -0.39 is 0 Å². The summed E-state index contributed by atoms with van der Waals surface area (Å²) in [6, 6.07) is 0. The molecular formula is C13H23NO2. The van der Waals surface area contributed by atoms with Crippen LogP contribution in [0.4, 0.5) is 0 Å².